The number of aryl methyl sites for hydroxylation is 1. The summed E-state index contributed by atoms with van der Waals surface area (Å²) in [6, 6.07) is 7.62. The molecule has 0 radical (unpaired) electrons. The van der Waals surface area contributed by atoms with Gasteiger partial charge >= 0.3 is 11.9 Å². The van der Waals surface area contributed by atoms with E-state index in [9.17, 15) is 4.79 Å². The van der Waals surface area contributed by atoms with E-state index in [1.54, 1.807) is 0 Å². The highest BCUT2D eigenvalue weighted by Crippen LogP contribution is 2.18. The number of oxazole rings is 1. The SMILES string of the molecule is Cc1ccc(-c2coc(C(=O)O)n2)cc1. The quantitative estimate of drug-likeness (QED) is 0.813. The molecule has 0 atom stereocenters. The smallest absolute Gasteiger partial charge is 0.392 e. The predicted molar refractivity (Wildman–Crippen MR) is 53.6 cm³/mol. The van der Waals surface area contributed by atoms with Crippen molar-refractivity contribution in [2.24, 2.45) is 0 Å². The van der Waals surface area contributed by atoms with Crippen LogP contribution < -0.4 is 0 Å². The highest BCUT2D eigenvalue weighted by Gasteiger charge is 2.11. The van der Waals surface area contributed by atoms with E-state index < -0.39 is 5.97 Å². The molecule has 0 fully saturated rings. The fraction of sp³-hybridized carbons (Fsp3) is 0.0909. The van der Waals surface area contributed by atoms with Crippen molar-refractivity contribution < 1.29 is 14.3 Å². The van der Waals surface area contributed by atoms with Gasteiger partial charge in [-0.2, -0.15) is 0 Å². The third-order valence-electron chi connectivity index (χ3n) is 2.03. The van der Waals surface area contributed by atoms with Gasteiger partial charge in [-0.15, -0.1) is 0 Å². The lowest BCUT2D eigenvalue weighted by Gasteiger charge is -1.95. The number of carbonyl (C=O) groups is 1. The third-order valence-corrected chi connectivity index (χ3v) is 2.03. The molecule has 0 aliphatic rings. The number of carboxylic acids is 1. The van der Waals surface area contributed by atoms with Crippen molar-refractivity contribution in [3.63, 3.8) is 0 Å². The lowest BCUT2D eigenvalue weighted by atomic mass is 10.1. The van der Waals surface area contributed by atoms with Crippen molar-refractivity contribution in [1.29, 1.82) is 0 Å². The molecule has 0 unspecified atom stereocenters. The van der Waals surface area contributed by atoms with Crippen LogP contribution in [0.3, 0.4) is 0 Å². The Morgan fingerprint density at radius 2 is 2.00 bits per heavy atom. The van der Waals surface area contributed by atoms with Crippen molar-refractivity contribution >= 4 is 5.97 Å². The lowest BCUT2D eigenvalue weighted by molar-refractivity contribution is 0.0653. The van der Waals surface area contributed by atoms with Gasteiger partial charge in [0, 0.05) is 5.56 Å². The minimum absolute atomic E-state index is 0.287. The summed E-state index contributed by atoms with van der Waals surface area (Å²) in [4.78, 5) is 14.4. The Hall–Kier alpha value is -2.10. The van der Waals surface area contributed by atoms with E-state index >= 15 is 0 Å². The molecule has 1 aromatic heterocycles. The summed E-state index contributed by atoms with van der Waals surface area (Å²) >= 11 is 0. The second-order valence-electron chi connectivity index (χ2n) is 3.21. The van der Waals surface area contributed by atoms with Gasteiger partial charge in [0.25, 0.3) is 0 Å². The molecule has 1 aromatic carbocycles. The molecule has 1 heterocycles. The topological polar surface area (TPSA) is 63.3 Å². The number of aromatic carboxylic acids is 1. The highest BCUT2D eigenvalue weighted by molar-refractivity contribution is 5.83. The normalized spacial score (nSPS) is 10.2. The Morgan fingerprint density at radius 1 is 1.33 bits per heavy atom. The van der Waals surface area contributed by atoms with Gasteiger partial charge < -0.3 is 9.52 Å². The first-order chi connectivity index (χ1) is 7.16. The van der Waals surface area contributed by atoms with E-state index in [4.69, 9.17) is 9.52 Å². The zero-order valence-electron chi connectivity index (χ0n) is 8.10. The second kappa shape index (κ2) is 3.57. The van der Waals surface area contributed by atoms with Gasteiger partial charge in [0.15, 0.2) is 0 Å². The largest absolute Gasteiger partial charge is 0.474 e. The van der Waals surface area contributed by atoms with Crippen LogP contribution in [0.4, 0.5) is 0 Å². The van der Waals surface area contributed by atoms with Crippen LogP contribution in [0.2, 0.25) is 0 Å². The summed E-state index contributed by atoms with van der Waals surface area (Å²) in [6.45, 7) is 1.98. The summed E-state index contributed by atoms with van der Waals surface area (Å²) in [5, 5.41) is 8.63. The third kappa shape index (κ3) is 1.88. The number of aromatic nitrogens is 1. The summed E-state index contributed by atoms with van der Waals surface area (Å²) < 4.78 is 4.80. The van der Waals surface area contributed by atoms with E-state index in [1.807, 2.05) is 31.2 Å². The first-order valence-electron chi connectivity index (χ1n) is 4.42. The van der Waals surface area contributed by atoms with Crippen molar-refractivity contribution in [2.45, 2.75) is 6.92 Å². The van der Waals surface area contributed by atoms with Crippen LogP contribution in [0, 0.1) is 6.92 Å². The first kappa shape index (κ1) is 9.45. The van der Waals surface area contributed by atoms with Crippen LogP contribution in [0.25, 0.3) is 11.3 Å². The molecule has 0 aliphatic carbocycles. The summed E-state index contributed by atoms with van der Waals surface area (Å²) in [5.74, 6) is -1.45. The monoisotopic (exact) mass is 203 g/mol. The minimum Gasteiger partial charge on any atom is -0.474 e. The van der Waals surface area contributed by atoms with Gasteiger partial charge in [0.05, 0.1) is 0 Å². The average Bonchev–Trinajstić information content (AvgIpc) is 2.68. The average molecular weight is 203 g/mol. The van der Waals surface area contributed by atoms with Gasteiger partial charge in [0.2, 0.25) is 0 Å². The van der Waals surface area contributed by atoms with Gasteiger partial charge in [-0.3, -0.25) is 0 Å². The van der Waals surface area contributed by atoms with Crippen molar-refractivity contribution in [3.8, 4) is 11.3 Å². The van der Waals surface area contributed by atoms with Crippen LogP contribution in [0.5, 0.6) is 0 Å². The van der Waals surface area contributed by atoms with E-state index in [-0.39, 0.29) is 5.89 Å². The maximum absolute atomic E-state index is 10.5. The molecule has 15 heavy (non-hydrogen) atoms. The van der Waals surface area contributed by atoms with E-state index in [1.165, 1.54) is 6.26 Å². The maximum atomic E-state index is 10.5. The summed E-state index contributed by atoms with van der Waals surface area (Å²) in [7, 11) is 0. The number of hydrogen-bond acceptors (Lipinski definition) is 3. The van der Waals surface area contributed by atoms with Crippen molar-refractivity contribution in [2.75, 3.05) is 0 Å². The molecular formula is C11H9NO3. The lowest BCUT2D eigenvalue weighted by Crippen LogP contribution is -1.95. The molecule has 4 heteroatoms. The van der Waals surface area contributed by atoms with Gasteiger partial charge in [0.1, 0.15) is 12.0 Å². The van der Waals surface area contributed by atoms with Crippen LogP contribution in [-0.4, -0.2) is 16.1 Å². The number of hydrogen-bond donors (Lipinski definition) is 1. The fourth-order valence-electron chi connectivity index (χ4n) is 1.23. The van der Waals surface area contributed by atoms with Crippen LogP contribution in [-0.2, 0) is 0 Å². The predicted octanol–water partition coefficient (Wildman–Crippen LogP) is 2.35. The zero-order chi connectivity index (χ0) is 10.8. The van der Waals surface area contributed by atoms with E-state index in [0.717, 1.165) is 11.1 Å². The number of benzene rings is 1. The molecule has 4 nitrogen and oxygen atoms in total. The zero-order valence-corrected chi connectivity index (χ0v) is 8.10. The standard InChI is InChI=1S/C11H9NO3/c1-7-2-4-8(5-3-7)9-6-15-10(12-9)11(13)14/h2-6H,1H3,(H,13,14). The Kier molecular flexibility index (Phi) is 2.25. The van der Waals surface area contributed by atoms with E-state index in [2.05, 4.69) is 4.98 Å². The van der Waals surface area contributed by atoms with Gasteiger partial charge in [-0.05, 0) is 6.92 Å². The summed E-state index contributed by atoms with van der Waals surface area (Å²) in [5.41, 5.74) is 2.52. The minimum atomic E-state index is -1.16. The fourth-order valence-corrected chi connectivity index (χ4v) is 1.23. The highest BCUT2D eigenvalue weighted by atomic mass is 16.4. The van der Waals surface area contributed by atoms with E-state index in [0.29, 0.717) is 5.69 Å². The van der Waals surface area contributed by atoms with Crippen molar-refractivity contribution in [1.82, 2.24) is 4.98 Å². The molecule has 1 N–H and O–H groups in total. The molecule has 0 saturated heterocycles. The molecule has 0 bridgehead atoms. The van der Waals surface area contributed by atoms with Crippen LogP contribution in [0.15, 0.2) is 34.9 Å². The van der Waals surface area contributed by atoms with Gasteiger partial charge in [-0.25, -0.2) is 9.78 Å². The molecular weight excluding hydrogens is 194 g/mol. The van der Waals surface area contributed by atoms with Gasteiger partial charge in [-0.1, -0.05) is 29.8 Å². The molecule has 0 amide bonds. The van der Waals surface area contributed by atoms with Crippen LogP contribution >= 0.6 is 0 Å². The number of carboxylic acid groups (broad SMARTS) is 1. The van der Waals surface area contributed by atoms with Crippen molar-refractivity contribution in [3.05, 3.63) is 42.0 Å². The Bertz CT molecular complexity index is 485. The Balaban J connectivity index is 2.37. The van der Waals surface area contributed by atoms with Crippen LogP contribution in [0.1, 0.15) is 16.2 Å². The second-order valence-corrected chi connectivity index (χ2v) is 3.21. The molecule has 2 aromatic rings. The molecule has 0 spiro atoms. The maximum Gasteiger partial charge on any atom is 0.392 e. The Morgan fingerprint density at radius 3 is 2.53 bits per heavy atom. The first-order valence-corrected chi connectivity index (χ1v) is 4.42. The molecule has 76 valence electrons. The Labute approximate surface area is 86.2 Å². The molecule has 2 rings (SSSR count). The molecule has 0 saturated carbocycles. The molecule has 0 aliphatic heterocycles. The number of rotatable bonds is 2. The number of nitrogens with zero attached hydrogens (tertiary/aromatic N) is 1. The summed E-state index contributed by atoms with van der Waals surface area (Å²) in [6.07, 6.45) is 1.34.